The van der Waals surface area contributed by atoms with Gasteiger partial charge in [-0.15, -0.1) is 0 Å². The predicted molar refractivity (Wildman–Crippen MR) is 113 cm³/mol. The molecule has 2 aliphatic rings. The molecule has 1 aromatic carbocycles. The van der Waals surface area contributed by atoms with Gasteiger partial charge in [-0.05, 0) is 84.8 Å². The maximum Gasteiger partial charge on any atom is 0.314 e. The van der Waals surface area contributed by atoms with Gasteiger partial charge in [0.1, 0.15) is 5.75 Å². The maximum absolute atomic E-state index is 12.7. The first-order chi connectivity index (χ1) is 13.6. The molecule has 1 atom stereocenters. The molecule has 1 aliphatic heterocycles. The van der Waals surface area contributed by atoms with E-state index in [0.717, 1.165) is 37.7 Å². The monoisotopic (exact) mass is 401 g/mol. The number of hydrogen-bond donors (Lipinski definition) is 1. The molecule has 1 heterocycles. The van der Waals surface area contributed by atoms with E-state index in [0.29, 0.717) is 18.3 Å². The molecule has 1 aliphatic carbocycles. The van der Waals surface area contributed by atoms with Gasteiger partial charge in [-0.25, -0.2) is 0 Å². The number of aryl methyl sites for hydroxylation is 1. The van der Waals surface area contributed by atoms with Crippen LogP contribution in [0.3, 0.4) is 0 Å². The Kier molecular flexibility index (Phi) is 6.37. The zero-order chi connectivity index (χ0) is 21.2. The van der Waals surface area contributed by atoms with Crippen molar-refractivity contribution in [1.82, 2.24) is 5.32 Å². The smallest absolute Gasteiger partial charge is 0.314 e. The van der Waals surface area contributed by atoms with E-state index >= 15 is 0 Å². The Morgan fingerprint density at radius 1 is 1.00 bits per heavy atom. The van der Waals surface area contributed by atoms with E-state index in [1.54, 1.807) is 0 Å². The number of esters is 2. The van der Waals surface area contributed by atoms with Crippen molar-refractivity contribution < 1.29 is 19.1 Å². The molecule has 3 rings (SSSR count). The first-order valence-corrected chi connectivity index (χ1v) is 10.8. The second kappa shape index (κ2) is 8.47. The summed E-state index contributed by atoms with van der Waals surface area (Å²) in [6.45, 7) is 10.8. The number of benzene rings is 1. The standard InChI is InChI=1S/C24H35NO4/c1-16-6-12-19(13-7-16)29-21(26)18-10-8-17(9-11-18)15-28-22(27)20-14-23(2,3)25-24(20,4)5/h6-7,12-13,17-18,20,25H,8-11,14-15H2,1-5H3. The number of hydrogen-bond acceptors (Lipinski definition) is 5. The predicted octanol–water partition coefficient (Wildman–Crippen LogP) is 4.42. The van der Waals surface area contributed by atoms with Crippen molar-refractivity contribution in [1.29, 1.82) is 0 Å². The summed E-state index contributed by atoms with van der Waals surface area (Å²) in [6.07, 6.45) is 4.14. The van der Waals surface area contributed by atoms with Crippen molar-refractivity contribution in [2.75, 3.05) is 6.61 Å². The van der Waals surface area contributed by atoms with Gasteiger partial charge in [-0.1, -0.05) is 17.7 Å². The Morgan fingerprint density at radius 3 is 2.17 bits per heavy atom. The third-order valence-electron chi connectivity index (χ3n) is 6.41. The molecular weight excluding hydrogens is 366 g/mol. The molecular formula is C24H35NO4. The number of nitrogens with one attached hydrogen (secondary N) is 1. The van der Waals surface area contributed by atoms with E-state index in [1.807, 2.05) is 31.2 Å². The summed E-state index contributed by atoms with van der Waals surface area (Å²) in [6, 6.07) is 7.55. The highest BCUT2D eigenvalue weighted by Gasteiger charge is 2.48. The first-order valence-electron chi connectivity index (χ1n) is 10.8. The highest BCUT2D eigenvalue weighted by molar-refractivity contribution is 5.75. The Hall–Kier alpha value is -1.88. The van der Waals surface area contributed by atoms with E-state index in [1.165, 1.54) is 0 Å². The minimum absolute atomic E-state index is 0.0525. The second-order valence-corrected chi connectivity index (χ2v) is 10.1. The van der Waals surface area contributed by atoms with Crippen molar-refractivity contribution in [2.24, 2.45) is 17.8 Å². The molecule has 1 saturated carbocycles. The lowest BCUT2D eigenvalue weighted by atomic mass is 9.82. The van der Waals surface area contributed by atoms with Crippen LogP contribution in [0.4, 0.5) is 0 Å². The lowest BCUT2D eigenvalue weighted by molar-refractivity contribution is -0.152. The molecule has 0 aromatic heterocycles. The van der Waals surface area contributed by atoms with Gasteiger partial charge < -0.3 is 14.8 Å². The SMILES string of the molecule is Cc1ccc(OC(=O)C2CCC(COC(=O)C3CC(C)(C)NC3(C)C)CC2)cc1. The van der Waals surface area contributed by atoms with Gasteiger partial charge >= 0.3 is 11.9 Å². The molecule has 0 spiro atoms. The van der Waals surface area contributed by atoms with E-state index < -0.39 is 0 Å². The Balaban J connectivity index is 1.42. The fraction of sp³-hybridized carbons (Fsp3) is 0.667. The van der Waals surface area contributed by atoms with Crippen molar-refractivity contribution >= 4 is 11.9 Å². The summed E-state index contributed by atoms with van der Waals surface area (Å²) in [4.78, 5) is 25.1. The van der Waals surface area contributed by atoms with Crippen LogP contribution in [0.2, 0.25) is 0 Å². The van der Waals surface area contributed by atoms with Crippen molar-refractivity contribution in [3.63, 3.8) is 0 Å². The van der Waals surface area contributed by atoms with Crippen LogP contribution >= 0.6 is 0 Å². The lowest BCUT2D eigenvalue weighted by Gasteiger charge is -2.29. The van der Waals surface area contributed by atoms with Crippen LogP contribution < -0.4 is 10.1 Å². The van der Waals surface area contributed by atoms with Gasteiger partial charge in [0.25, 0.3) is 0 Å². The van der Waals surface area contributed by atoms with Crippen molar-refractivity contribution in [3.05, 3.63) is 29.8 Å². The molecule has 1 saturated heterocycles. The van der Waals surface area contributed by atoms with Crippen LogP contribution in [0.15, 0.2) is 24.3 Å². The third kappa shape index (κ3) is 5.59. The molecule has 1 unspecified atom stereocenters. The largest absolute Gasteiger partial charge is 0.465 e. The fourth-order valence-corrected chi connectivity index (χ4v) is 4.82. The van der Waals surface area contributed by atoms with E-state index in [-0.39, 0.29) is 34.9 Å². The van der Waals surface area contributed by atoms with Crippen LogP contribution in [0, 0.1) is 24.7 Å². The van der Waals surface area contributed by atoms with Gasteiger partial charge in [-0.2, -0.15) is 0 Å². The fourth-order valence-electron chi connectivity index (χ4n) is 4.82. The molecule has 29 heavy (non-hydrogen) atoms. The summed E-state index contributed by atoms with van der Waals surface area (Å²) in [5.41, 5.74) is 0.835. The molecule has 0 bridgehead atoms. The molecule has 0 amide bonds. The van der Waals surface area contributed by atoms with Gasteiger partial charge in [0, 0.05) is 11.1 Å². The van der Waals surface area contributed by atoms with Crippen molar-refractivity contribution in [3.8, 4) is 5.75 Å². The van der Waals surface area contributed by atoms with E-state index in [9.17, 15) is 9.59 Å². The average molecular weight is 402 g/mol. The van der Waals surface area contributed by atoms with E-state index in [4.69, 9.17) is 9.47 Å². The van der Waals surface area contributed by atoms with Crippen LogP contribution in [-0.2, 0) is 14.3 Å². The number of carbonyl (C=O) groups excluding carboxylic acids is 2. The zero-order valence-corrected chi connectivity index (χ0v) is 18.4. The van der Waals surface area contributed by atoms with Crippen molar-refractivity contribution in [2.45, 2.75) is 77.8 Å². The molecule has 1 N–H and O–H groups in total. The number of rotatable bonds is 5. The molecule has 160 valence electrons. The molecule has 5 nitrogen and oxygen atoms in total. The highest BCUT2D eigenvalue weighted by atomic mass is 16.5. The van der Waals surface area contributed by atoms with E-state index in [2.05, 4.69) is 33.0 Å². The van der Waals surface area contributed by atoms with Crippen LogP contribution in [0.25, 0.3) is 0 Å². The van der Waals surface area contributed by atoms with Crippen LogP contribution in [0.1, 0.15) is 65.4 Å². The summed E-state index contributed by atoms with van der Waals surface area (Å²) in [7, 11) is 0. The van der Waals surface area contributed by atoms with Gasteiger partial charge in [0.05, 0.1) is 18.4 Å². The normalized spacial score (nSPS) is 28.0. The minimum atomic E-state index is -0.252. The Morgan fingerprint density at radius 2 is 1.62 bits per heavy atom. The van der Waals surface area contributed by atoms with Gasteiger partial charge in [0.2, 0.25) is 0 Å². The summed E-state index contributed by atoms with van der Waals surface area (Å²) in [5.74, 6) is 0.486. The lowest BCUT2D eigenvalue weighted by Crippen LogP contribution is -2.46. The number of ether oxygens (including phenoxy) is 2. The third-order valence-corrected chi connectivity index (χ3v) is 6.41. The molecule has 2 fully saturated rings. The Labute approximate surface area is 174 Å². The second-order valence-electron chi connectivity index (χ2n) is 10.1. The number of carbonyl (C=O) groups is 2. The van der Waals surface area contributed by atoms with Gasteiger partial charge in [0.15, 0.2) is 0 Å². The highest BCUT2D eigenvalue weighted by Crippen LogP contribution is 2.37. The zero-order valence-electron chi connectivity index (χ0n) is 18.4. The Bertz CT molecular complexity index is 730. The maximum atomic E-state index is 12.7. The quantitative estimate of drug-likeness (QED) is 0.585. The molecule has 5 heteroatoms. The topological polar surface area (TPSA) is 64.6 Å². The van der Waals surface area contributed by atoms with Crippen LogP contribution in [-0.4, -0.2) is 29.6 Å². The molecule has 0 radical (unpaired) electrons. The summed E-state index contributed by atoms with van der Waals surface area (Å²) >= 11 is 0. The summed E-state index contributed by atoms with van der Waals surface area (Å²) in [5, 5.41) is 3.53. The first kappa shape index (κ1) is 21.8. The van der Waals surface area contributed by atoms with Crippen LogP contribution in [0.5, 0.6) is 5.75 Å². The molecule has 1 aromatic rings. The minimum Gasteiger partial charge on any atom is -0.465 e. The summed E-state index contributed by atoms with van der Waals surface area (Å²) < 4.78 is 11.2. The average Bonchev–Trinajstić information content (AvgIpc) is 2.89. The van der Waals surface area contributed by atoms with Gasteiger partial charge in [-0.3, -0.25) is 9.59 Å².